The second kappa shape index (κ2) is 5.47. The van der Waals surface area contributed by atoms with Crippen molar-refractivity contribution in [2.45, 2.75) is 31.9 Å². The van der Waals surface area contributed by atoms with E-state index in [4.69, 9.17) is 4.74 Å². The van der Waals surface area contributed by atoms with Crippen LogP contribution in [0.5, 0.6) is 5.75 Å². The molecule has 1 aromatic rings. The average Bonchev–Trinajstić information content (AvgIpc) is 2.34. The zero-order valence-electron chi connectivity index (χ0n) is 9.95. The molecule has 0 radical (unpaired) electrons. The molecule has 1 heterocycles. The van der Waals surface area contributed by atoms with E-state index in [-0.39, 0.29) is 24.6 Å². The van der Waals surface area contributed by atoms with Gasteiger partial charge in [-0.15, -0.1) is 0 Å². The number of hydrogen-bond acceptors (Lipinski definition) is 3. The lowest BCUT2D eigenvalue weighted by Gasteiger charge is -2.32. The van der Waals surface area contributed by atoms with E-state index in [2.05, 4.69) is 12.2 Å². The molecule has 0 spiro atoms. The first-order valence-corrected chi connectivity index (χ1v) is 6.05. The zero-order chi connectivity index (χ0) is 12.3. The van der Waals surface area contributed by atoms with Gasteiger partial charge < -0.3 is 15.2 Å². The maximum Gasteiger partial charge on any atom is 0.127 e. The van der Waals surface area contributed by atoms with Crippen molar-refractivity contribution in [3.63, 3.8) is 0 Å². The molecular weight excluding hydrogens is 221 g/mol. The van der Waals surface area contributed by atoms with E-state index in [9.17, 15) is 9.50 Å². The van der Waals surface area contributed by atoms with Gasteiger partial charge in [-0.1, -0.05) is 13.0 Å². The Morgan fingerprint density at radius 1 is 1.53 bits per heavy atom. The number of fused-ring (bicyclic) bond motifs is 1. The summed E-state index contributed by atoms with van der Waals surface area (Å²) in [4.78, 5) is 0. The molecule has 1 aliphatic heterocycles. The molecule has 0 fully saturated rings. The fourth-order valence-corrected chi connectivity index (χ4v) is 2.14. The van der Waals surface area contributed by atoms with Gasteiger partial charge in [-0.3, -0.25) is 0 Å². The molecule has 0 saturated carbocycles. The van der Waals surface area contributed by atoms with E-state index in [0.29, 0.717) is 5.75 Å². The summed E-state index contributed by atoms with van der Waals surface area (Å²) in [5.74, 6) is 0.237. The highest BCUT2D eigenvalue weighted by atomic mass is 19.1. The first-order valence-electron chi connectivity index (χ1n) is 6.05. The predicted octanol–water partition coefficient (Wildman–Crippen LogP) is 2.01. The third-order valence-electron chi connectivity index (χ3n) is 2.99. The number of ether oxygens (including phenoxy) is 1. The van der Waals surface area contributed by atoms with Gasteiger partial charge in [-0.05, 0) is 19.0 Å². The van der Waals surface area contributed by atoms with E-state index >= 15 is 0 Å². The fraction of sp³-hybridized carbons (Fsp3) is 0.538. The minimum Gasteiger partial charge on any atom is -0.488 e. The SMILES string of the molecule is CCCNC1CC(CO)Oc2cc(F)ccc21. The molecule has 1 aliphatic rings. The second-order valence-corrected chi connectivity index (χ2v) is 4.35. The van der Waals surface area contributed by atoms with E-state index in [1.807, 2.05) is 0 Å². The Morgan fingerprint density at radius 3 is 3.06 bits per heavy atom. The molecular formula is C13H18FNO2. The molecule has 0 amide bonds. The van der Waals surface area contributed by atoms with Gasteiger partial charge in [-0.2, -0.15) is 0 Å². The van der Waals surface area contributed by atoms with Crippen molar-refractivity contribution in [1.29, 1.82) is 0 Å². The van der Waals surface area contributed by atoms with Crippen LogP contribution in [0, 0.1) is 5.82 Å². The van der Waals surface area contributed by atoms with Crippen LogP contribution in [0.2, 0.25) is 0 Å². The highest BCUT2D eigenvalue weighted by Crippen LogP contribution is 2.35. The van der Waals surface area contributed by atoms with Crippen molar-refractivity contribution in [3.05, 3.63) is 29.6 Å². The standard InChI is InChI=1S/C13H18FNO2/c1-2-5-15-12-7-10(8-16)17-13-6-9(14)3-4-11(12)13/h3-4,6,10,12,15-16H,2,5,7-8H2,1H3. The first-order chi connectivity index (χ1) is 8.24. The minimum atomic E-state index is -0.309. The largest absolute Gasteiger partial charge is 0.488 e. The molecule has 0 saturated heterocycles. The highest BCUT2D eigenvalue weighted by molar-refractivity contribution is 5.38. The van der Waals surface area contributed by atoms with Crippen molar-refractivity contribution in [1.82, 2.24) is 5.32 Å². The van der Waals surface area contributed by atoms with E-state index < -0.39 is 0 Å². The van der Waals surface area contributed by atoms with Crippen LogP contribution >= 0.6 is 0 Å². The van der Waals surface area contributed by atoms with Crippen LogP contribution < -0.4 is 10.1 Å². The number of rotatable bonds is 4. The number of aliphatic hydroxyl groups is 1. The van der Waals surface area contributed by atoms with Crippen molar-refractivity contribution in [2.24, 2.45) is 0 Å². The van der Waals surface area contributed by atoms with Gasteiger partial charge in [0.15, 0.2) is 0 Å². The maximum atomic E-state index is 13.1. The lowest BCUT2D eigenvalue weighted by molar-refractivity contribution is 0.0831. The van der Waals surface area contributed by atoms with Crippen molar-refractivity contribution in [2.75, 3.05) is 13.2 Å². The first kappa shape index (κ1) is 12.3. The zero-order valence-corrected chi connectivity index (χ0v) is 9.95. The third kappa shape index (κ3) is 2.76. The highest BCUT2D eigenvalue weighted by Gasteiger charge is 2.27. The van der Waals surface area contributed by atoms with Crippen LogP contribution in [0.1, 0.15) is 31.4 Å². The lowest BCUT2D eigenvalue weighted by Crippen LogP contribution is -2.35. The Morgan fingerprint density at radius 2 is 2.35 bits per heavy atom. The number of nitrogens with one attached hydrogen (secondary N) is 1. The minimum absolute atomic E-state index is 0.0414. The average molecular weight is 239 g/mol. The molecule has 1 aromatic carbocycles. The molecule has 2 rings (SSSR count). The molecule has 2 N–H and O–H groups in total. The number of hydrogen-bond donors (Lipinski definition) is 2. The van der Waals surface area contributed by atoms with Crippen molar-refractivity contribution in [3.8, 4) is 5.75 Å². The summed E-state index contributed by atoms with van der Waals surface area (Å²) < 4.78 is 18.7. The van der Waals surface area contributed by atoms with Crippen LogP contribution in [-0.4, -0.2) is 24.4 Å². The van der Waals surface area contributed by atoms with Gasteiger partial charge >= 0.3 is 0 Å². The van der Waals surface area contributed by atoms with Gasteiger partial charge in [0.2, 0.25) is 0 Å². The quantitative estimate of drug-likeness (QED) is 0.844. The number of aliphatic hydroxyl groups excluding tert-OH is 1. The summed E-state index contributed by atoms with van der Waals surface area (Å²) in [6.07, 6.45) is 1.51. The Kier molecular flexibility index (Phi) is 3.97. The van der Waals surface area contributed by atoms with Crippen molar-refractivity contribution >= 4 is 0 Å². The van der Waals surface area contributed by atoms with Crippen molar-refractivity contribution < 1.29 is 14.2 Å². The molecule has 2 atom stereocenters. The number of halogens is 1. The summed E-state index contributed by atoms with van der Waals surface area (Å²) in [7, 11) is 0. The molecule has 94 valence electrons. The smallest absolute Gasteiger partial charge is 0.127 e. The van der Waals surface area contributed by atoms with E-state index in [1.165, 1.54) is 12.1 Å². The summed E-state index contributed by atoms with van der Waals surface area (Å²) in [5, 5.41) is 12.6. The fourth-order valence-electron chi connectivity index (χ4n) is 2.14. The van der Waals surface area contributed by atoms with Gasteiger partial charge in [0.1, 0.15) is 17.7 Å². The van der Waals surface area contributed by atoms with Crippen LogP contribution in [0.25, 0.3) is 0 Å². The summed E-state index contributed by atoms with van der Waals surface area (Å²) >= 11 is 0. The topological polar surface area (TPSA) is 41.5 Å². The molecule has 2 unspecified atom stereocenters. The predicted molar refractivity (Wildman–Crippen MR) is 63.6 cm³/mol. The van der Waals surface area contributed by atoms with Gasteiger partial charge in [0, 0.05) is 24.1 Å². The van der Waals surface area contributed by atoms with Crippen LogP contribution in [0.3, 0.4) is 0 Å². The van der Waals surface area contributed by atoms with Gasteiger partial charge in [0.25, 0.3) is 0 Å². The molecule has 3 nitrogen and oxygen atoms in total. The summed E-state index contributed by atoms with van der Waals surface area (Å²) in [5.41, 5.74) is 0.976. The Balaban J connectivity index is 2.23. The molecule has 0 aliphatic carbocycles. The van der Waals surface area contributed by atoms with Crippen LogP contribution in [0.15, 0.2) is 18.2 Å². The Bertz CT molecular complexity index is 384. The van der Waals surface area contributed by atoms with Crippen LogP contribution in [0.4, 0.5) is 4.39 Å². The van der Waals surface area contributed by atoms with Gasteiger partial charge in [0.05, 0.1) is 6.61 Å². The summed E-state index contributed by atoms with van der Waals surface area (Å²) in [6.45, 7) is 2.96. The molecule has 4 heteroatoms. The normalized spacial score (nSPS) is 23.0. The second-order valence-electron chi connectivity index (χ2n) is 4.35. The third-order valence-corrected chi connectivity index (χ3v) is 2.99. The number of benzene rings is 1. The van der Waals surface area contributed by atoms with E-state index in [0.717, 1.165) is 24.9 Å². The molecule has 0 bridgehead atoms. The van der Waals surface area contributed by atoms with Crippen LogP contribution in [-0.2, 0) is 0 Å². The Labute approximate surface area is 101 Å². The Hall–Kier alpha value is -1.13. The monoisotopic (exact) mass is 239 g/mol. The van der Waals surface area contributed by atoms with E-state index in [1.54, 1.807) is 6.07 Å². The molecule has 0 aromatic heterocycles. The molecule has 17 heavy (non-hydrogen) atoms. The lowest BCUT2D eigenvalue weighted by atomic mass is 9.96. The summed E-state index contributed by atoms with van der Waals surface area (Å²) in [6, 6.07) is 4.72. The van der Waals surface area contributed by atoms with Gasteiger partial charge in [-0.25, -0.2) is 4.39 Å². The maximum absolute atomic E-state index is 13.1.